The first-order valence-corrected chi connectivity index (χ1v) is 8.91. The minimum Gasteiger partial charge on any atom is -0.508 e. The number of phenols is 2. The fourth-order valence-electron chi connectivity index (χ4n) is 2.59. The summed E-state index contributed by atoms with van der Waals surface area (Å²) in [6.07, 6.45) is 3.95. The largest absolute Gasteiger partial charge is 0.508 e. The summed E-state index contributed by atoms with van der Waals surface area (Å²) in [5, 5.41) is 19.8. The summed E-state index contributed by atoms with van der Waals surface area (Å²) in [4.78, 5) is 0.225. The molecule has 2 aromatic rings. The van der Waals surface area contributed by atoms with E-state index in [-0.39, 0.29) is 21.3 Å². The Balaban J connectivity index is 2.63. The minimum atomic E-state index is -3.78. The molecule has 0 amide bonds. The Morgan fingerprint density at radius 1 is 1.00 bits per heavy atom. The molecule has 2 rings (SSSR count). The molecule has 0 heterocycles. The van der Waals surface area contributed by atoms with Crippen LogP contribution >= 0.6 is 0 Å². The van der Waals surface area contributed by atoms with E-state index in [9.17, 15) is 18.6 Å². The van der Waals surface area contributed by atoms with Crippen molar-refractivity contribution in [3.05, 3.63) is 72.3 Å². The summed E-state index contributed by atoms with van der Waals surface area (Å²) >= 11 is 0. The van der Waals surface area contributed by atoms with E-state index in [2.05, 4.69) is 13.2 Å². The Bertz CT molecular complexity index is 896. The molecule has 0 aliphatic heterocycles. The lowest BCUT2D eigenvalue weighted by Gasteiger charge is -2.14. The highest BCUT2D eigenvalue weighted by Crippen LogP contribution is 2.32. The molecule has 0 aliphatic carbocycles. The van der Waals surface area contributed by atoms with E-state index in [0.29, 0.717) is 29.5 Å². The van der Waals surface area contributed by atoms with Crippen LogP contribution in [0.4, 0.5) is 0 Å². The van der Waals surface area contributed by atoms with Crippen molar-refractivity contribution in [3.8, 4) is 11.5 Å². The predicted octanol–water partition coefficient (Wildman–Crippen LogP) is 3.70. The molecule has 5 heteroatoms. The van der Waals surface area contributed by atoms with Gasteiger partial charge in [0.15, 0.2) is 0 Å². The van der Waals surface area contributed by atoms with Crippen molar-refractivity contribution < 1.29 is 18.6 Å². The van der Waals surface area contributed by atoms with E-state index in [0.717, 1.165) is 0 Å². The first kappa shape index (κ1) is 17.8. The van der Waals surface area contributed by atoms with Crippen molar-refractivity contribution in [2.45, 2.75) is 29.6 Å². The second kappa shape index (κ2) is 6.93. The van der Waals surface area contributed by atoms with Crippen LogP contribution in [-0.4, -0.2) is 18.6 Å². The van der Waals surface area contributed by atoms with Crippen LogP contribution in [0, 0.1) is 6.92 Å². The Hall–Kier alpha value is -2.53. The van der Waals surface area contributed by atoms with E-state index in [1.54, 1.807) is 19.1 Å². The average Bonchev–Trinajstić information content (AvgIpc) is 2.53. The van der Waals surface area contributed by atoms with Gasteiger partial charge in [0, 0.05) is 5.56 Å². The van der Waals surface area contributed by atoms with E-state index in [1.165, 1.54) is 30.3 Å². The van der Waals surface area contributed by atoms with Crippen molar-refractivity contribution >= 4 is 9.84 Å². The molecular formula is C19H20O4S. The van der Waals surface area contributed by atoms with Crippen LogP contribution < -0.4 is 0 Å². The van der Waals surface area contributed by atoms with Crippen molar-refractivity contribution in [1.29, 1.82) is 0 Å². The summed E-state index contributed by atoms with van der Waals surface area (Å²) in [6, 6.07) is 6.96. The average molecular weight is 344 g/mol. The molecule has 24 heavy (non-hydrogen) atoms. The van der Waals surface area contributed by atoms with E-state index in [4.69, 9.17) is 0 Å². The molecule has 126 valence electrons. The third-order valence-electron chi connectivity index (χ3n) is 3.89. The monoisotopic (exact) mass is 344 g/mol. The molecule has 2 aromatic carbocycles. The van der Waals surface area contributed by atoms with Crippen LogP contribution in [0.5, 0.6) is 11.5 Å². The molecule has 0 fully saturated rings. The summed E-state index contributed by atoms with van der Waals surface area (Å²) in [7, 11) is -3.78. The lowest BCUT2D eigenvalue weighted by atomic mass is 10.0. The van der Waals surface area contributed by atoms with Gasteiger partial charge in [-0.25, -0.2) is 8.42 Å². The van der Waals surface area contributed by atoms with Crippen molar-refractivity contribution in [2.75, 3.05) is 0 Å². The van der Waals surface area contributed by atoms with Gasteiger partial charge in [0.1, 0.15) is 11.5 Å². The second-order valence-electron chi connectivity index (χ2n) is 5.47. The molecule has 0 saturated carbocycles. The fraction of sp³-hybridized carbons (Fsp3) is 0.158. The number of benzene rings is 2. The van der Waals surface area contributed by atoms with Crippen LogP contribution in [0.15, 0.2) is 65.4 Å². The molecule has 0 aliphatic rings. The number of allylic oxidation sites excluding steroid dienone is 2. The van der Waals surface area contributed by atoms with E-state index < -0.39 is 9.84 Å². The lowest BCUT2D eigenvalue weighted by Crippen LogP contribution is -2.06. The molecule has 0 atom stereocenters. The smallest absolute Gasteiger partial charge is 0.206 e. The second-order valence-corrected chi connectivity index (χ2v) is 7.38. The van der Waals surface area contributed by atoms with Crippen LogP contribution in [-0.2, 0) is 22.7 Å². The van der Waals surface area contributed by atoms with Crippen molar-refractivity contribution in [2.24, 2.45) is 0 Å². The summed E-state index contributed by atoms with van der Waals surface area (Å²) < 4.78 is 26.0. The number of hydrogen-bond donors (Lipinski definition) is 2. The lowest BCUT2D eigenvalue weighted by molar-refractivity contribution is 0.468. The number of sulfone groups is 1. The van der Waals surface area contributed by atoms with Crippen molar-refractivity contribution in [3.63, 3.8) is 0 Å². The van der Waals surface area contributed by atoms with Gasteiger partial charge in [0.2, 0.25) is 9.84 Å². The maximum Gasteiger partial charge on any atom is 0.206 e. The predicted molar refractivity (Wildman–Crippen MR) is 94.2 cm³/mol. The number of rotatable bonds is 6. The Kier molecular flexibility index (Phi) is 5.14. The summed E-state index contributed by atoms with van der Waals surface area (Å²) in [5.41, 5.74) is 1.53. The maximum absolute atomic E-state index is 13.0. The van der Waals surface area contributed by atoms with Gasteiger partial charge >= 0.3 is 0 Å². The third kappa shape index (κ3) is 3.21. The summed E-state index contributed by atoms with van der Waals surface area (Å²) in [6.45, 7) is 8.90. The third-order valence-corrected chi connectivity index (χ3v) is 5.78. The highest BCUT2D eigenvalue weighted by Gasteiger charge is 2.23. The van der Waals surface area contributed by atoms with Crippen molar-refractivity contribution in [1.82, 2.24) is 0 Å². The topological polar surface area (TPSA) is 74.6 Å². The zero-order valence-corrected chi connectivity index (χ0v) is 14.3. The van der Waals surface area contributed by atoms with Gasteiger partial charge in [0.25, 0.3) is 0 Å². The SMILES string of the molecule is C=CCc1cc(S(=O)(=O)c2ccc(O)c(CC=C)c2C)ccc1O. The van der Waals surface area contributed by atoms with Crippen LogP contribution in [0.1, 0.15) is 16.7 Å². The zero-order chi connectivity index (χ0) is 17.9. The van der Waals surface area contributed by atoms with Crippen LogP contribution in [0.3, 0.4) is 0 Å². The standard InChI is InChI=1S/C19H20O4S/c1-4-6-14-12-15(8-9-17(14)20)24(22,23)19-11-10-18(21)16(7-5-2)13(19)3/h4-5,8-12,20-21H,1-2,6-7H2,3H3. The number of phenolic OH excluding ortho intramolecular Hbond substituents is 2. The quantitative estimate of drug-likeness (QED) is 0.784. The van der Waals surface area contributed by atoms with E-state index in [1.807, 2.05) is 0 Å². The highest BCUT2D eigenvalue weighted by molar-refractivity contribution is 7.91. The molecule has 2 N–H and O–H groups in total. The molecule has 0 unspecified atom stereocenters. The Morgan fingerprint density at radius 3 is 2.25 bits per heavy atom. The van der Waals surface area contributed by atoms with Crippen LogP contribution in [0.25, 0.3) is 0 Å². The Labute approximate surface area is 142 Å². The molecule has 0 radical (unpaired) electrons. The first-order valence-electron chi connectivity index (χ1n) is 7.43. The Morgan fingerprint density at radius 2 is 1.62 bits per heavy atom. The van der Waals surface area contributed by atoms with E-state index >= 15 is 0 Å². The molecule has 0 bridgehead atoms. The molecule has 0 saturated heterocycles. The van der Waals surface area contributed by atoms with Gasteiger partial charge in [-0.2, -0.15) is 0 Å². The minimum absolute atomic E-state index is 0.0311. The highest BCUT2D eigenvalue weighted by atomic mass is 32.2. The van der Waals surface area contributed by atoms with Gasteiger partial charge in [-0.1, -0.05) is 12.2 Å². The number of hydrogen-bond acceptors (Lipinski definition) is 4. The molecule has 0 aromatic heterocycles. The molecular weight excluding hydrogens is 324 g/mol. The van der Waals surface area contributed by atoms with Gasteiger partial charge in [0.05, 0.1) is 9.79 Å². The first-order chi connectivity index (χ1) is 11.3. The normalized spacial score (nSPS) is 11.2. The molecule has 4 nitrogen and oxygen atoms in total. The fourth-order valence-corrected chi connectivity index (χ4v) is 4.16. The number of aromatic hydroxyl groups is 2. The van der Waals surface area contributed by atoms with Crippen LogP contribution in [0.2, 0.25) is 0 Å². The summed E-state index contributed by atoms with van der Waals surface area (Å²) in [5.74, 6) is 0.0769. The molecule has 0 spiro atoms. The van der Waals surface area contributed by atoms with Gasteiger partial charge in [-0.3, -0.25) is 0 Å². The zero-order valence-electron chi connectivity index (χ0n) is 13.5. The van der Waals surface area contributed by atoms with Gasteiger partial charge in [-0.15, -0.1) is 13.2 Å². The van der Waals surface area contributed by atoms with Gasteiger partial charge < -0.3 is 10.2 Å². The maximum atomic E-state index is 13.0. The van der Waals surface area contributed by atoms with Gasteiger partial charge in [-0.05, 0) is 61.2 Å².